The molecule has 1 aromatic carbocycles. The lowest BCUT2D eigenvalue weighted by Gasteiger charge is -2.33. The van der Waals surface area contributed by atoms with Gasteiger partial charge in [-0.15, -0.1) is 0 Å². The number of hydrogen-bond donors (Lipinski definition) is 2. The van der Waals surface area contributed by atoms with E-state index >= 15 is 0 Å². The highest BCUT2D eigenvalue weighted by Gasteiger charge is 2.33. The Bertz CT molecular complexity index is 561. The van der Waals surface area contributed by atoms with Crippen LogP contribution in [0.3, 0.4) is 0 Å². The summed E-state index contributed by atoms with van der Waals surface area (Å²) in [7, 11) is -3.62. The number of benzene rings is 1. The Balaban J connectivity index is 3.18. The maximum absolute atomic E-state index is 12.4. The summed E-state index contributed by atoms with van der Waals surface area (Å²) in [5.74, 6) is 0.0847. The molecule has 0 spiro atoms. The van der Waals surface area contributed by atoms with E-state index in [2.05, 4.69) is 36.6 Å². The minimum atomic E-state index is -3.62. The Morgan fingerprint density at radius 2 is 1.95 bits per heavy atom. The third-order valence-electron chi connectivity index (χ3n) is 3.25. The summed E-state index contributed by atoms with van der Waals surface area (Å²) in [6.07, 6.45) is 0. The van der Waals surface area contributed by atoms with Gasteiger partial charge >= 0.3 is 0 Å². The van der Waals surface area contributed by atoms with Crippen LogP contribution in [0.15, 0.2) is 32.0 Å². The van der Waals surface area contributed by atoms with Gasteiger partial charge in [0.2, 0.25) is 10.0 Å². The molecule has 1 unspecified atom stereocenters. The minimum Gasteiger partial charge on any atom is -0.329 e. The Morgan fingerprint density at radius 1 is 1.37 bits per heavy atom. The van der Waals surface area contributed by atoms with Crippen molar-refractivity contribution >= 4 is 41.9 Å². The predicted octanol–water partition coefficient (Wildman–Crippen LogP) is 2.86. The average molecular weight is 414 g/mol. The lowest BCUT2D eigenvalue weighted by Crippen LogP contribution is -2.54. The fraction of sp³-hybridized carbons (Fsp3) is 0.500. The van der Waals surface area contributed by atoms with Crippen LogP contribution in [0.25, 0.3) is 0 Å². The van der Waals surface area contributed by atoms with E-state index in [1.165, 1.54) is 0 Å². The van der Waals surface area contributed by atoms with Crippen LogP contribution in [0.5, 0.6) is 0 Å². The van der Waals surface area contributed by atoms with E-state index in [9.17, 15) is 8.42 Å². The summed E-state index contributed by atoms with van der Waals surface area (Å²) in [6.45, 7) is 5.91. The topological polar surface area (TPSA) is 72.2 Å². The summed E-state index contributed by atoms with van der Waals surface area (Å²) in [6, 6.07) is 4.94. The molecular weight excluding hydrogens is 396 g/mol. The molecule has 0 aromatic heterocycles. The van der Waals surface area contributed by atoms with Crippen molar-refractivity contribution in [2.45, 2.75) is 31.2 Å². The molecule has 7 heteroatoms. The molecular formula is C12H18Br2N2O2S. The van der Waals surface area contributed by atoms with Gasteiger partial charge in [0.15, 0.2) is 0 Å². The van der Waals surface area contributed by atoms with Crippen LogP contribution in [0.2, 0.25) is 0 Å². The molecule has 0 fully saturated rings. The zero-order valence-corrected chi connectivity index (χ0v) is 15.1. The molecule has 0 saturated carbocycles. The Hall–Kier alpha value is 0.0500. The van der Waals surface area contributed by atoms with Gasteiger partial charge in [0.25, 0.3) is 0 Å². The summed E-state index contributed by atoms with van der Waals surface area (Å²) in [5.41, 5.74) is 5.03. The van der Waals surface area contributed by atoms with Gasteiger partial charge in [0.1, 0.15) is 0 Å². The highest BCUT2D eigenvalue weighted by molar-refractivity contribution is 9.11. The molecule has 1 atom stereocenters. The normalized spacial score (nSPS) is 15.5. The lowest BCUT2D eigenvalue weighted by molar-refractivity contribution is 0.315. The number of hydrogen-bond acceptors (Lipinski definition) is 3. The standard InChI is InChI=1S/C12H18Br2N2O2S/c1-8(2)12(3,7-15)16-19(17,18)11-5-4-9(13)6-10(11)14/h4-6,8,16H,7,15H2,1-3H3. The van der Waals surface area contributed by atoms with Gasteiger partial charge in [0.05, 0.1) is 4.90 Å². The molecule has 3 N–H and O–H groups in total. The number of nitrogens with one attached hydrogen (secondary N) is 1. The highest BCUT2D eigenvalue weighted by atomic mass is 79.9. The first-order valence-electron chi connectivity index (χ1n) is 5.81. The monoisotopic (exact) mass is 412 g/mol. The molecule has 4 nitrogen and oxygen atoms in total. The number of nitrogens with two attached hydrogens (primary N) is 1. The summed E-state index contributed by atoms with van der Waals surface area (Å²) >= 11 is 6.57. The van der Waals surface area contributed by atoms with Gasteiger partial charge in [-0.1, -0.05) is 29.8 Å². The number of halogens is 2. The van der Waals surface area contributed by atoms with E-state index in [0.29, 0.717) is 4.47 Å². The second-order valence-corrected chi connectivity index (χ2v) is 8.38. The van der Waals surface area contributed by atoms with Crippen molar-refractivity contribution in [2.24, 2.45) is 11.7 Å². The molecule has 0 saturated heterocycles. The largest absolute Gasteiger partial charge is 0.329 e. The van der Waals surface area contributed by atoms with Crippen molar-refractivity contribution < 1.29 is 8.42 Å². The van der Waals surface area contributed by atoms with Crippen molar-refractivity contribution in [3.05, 3.63) is 27.1 Å². The Kier molecular flexibility index (Phi) is 5.60. The van der Waals surface area contributed by atoms with Gasteiger partial charge in [-0.05, 0) is 47.0 Å². The molecule has 0 heterocycles. The van der Waals surface area contributed by atoms with Gasteiger partial charge < -0.3 is 5.73 Å². The van der Waals surface area contributed by atoms with Crippen molar-refractivity contribution in [1.29, 1.82) is 0 Å². The zero-order valence-electron chi connectivity index (χ0n) is 11.1. The third kappa shape index (κ3) is 4.01. The number of sulfonamides is 1. The smallest absolute Gasteiger partial charge is 0.242 e. The van der Waals surface area contributed by atoms with Crippen LogP contribution in [-0.2, 0) is 10.0 Å². The van der Waals surface area contributed by atoms with Crippen LogP contribution in [0.4, 0.5) is 0 Å². The second-order valence-electron chi connectivity index (χ2n) is 4.96. The van der Waals surface area contributed by atoms with Crippen molar-refractivity contribution in [3.8, 4) is 0 Å². The van der Waals surface area contributed by atoms with E-state index in [0.717, 1.165) is 4.47 Å². The first-order valence-corrected chi connectivity index (χ1v) is 8.88. The molecule has 0 aliphatic carbocycles. The SMILES string of the molecule is CC(C)C(C)(CN)NS(=O)(=O)c1ccc(Br)cc1Br. The molecule has 1 aromatic rings. The molecule has 108 valence electrons. The average Bonchev–Trinajstić information content (AvgIpc) is 2.27. The van der Waals surface area contributed by atoms with Crippen LogP contribution >= 0.6 is 31.9 Å². The van der Waals surface area contributed by atoms with Gasteiger partial charge in [-0.2, -0.15) is 0 Å². The van der Waals surface area contributed by atoms with E-state index in [-0.39, 0.29) is 17.4 Å². The first kappa shape index (κ1) is 17.1. The van der Waals surface area contributed by atoms with Crippen LogP contribution in [0.1, 0.15) is 20.8 Å². The molecule has 19 heavy (non-hydrogen) atoms. The fourth-order valence-electron chi connectivity index (χ4n) is 1.45. The first-order chi connectivity index (χ1) is 8.62. The maximum atomic E-state index is 12.4. The summed E-state index contributed by atoms with van der Waals surface area (Å²) in [4.78, 5) is 0.205. The summed E-state index contributed by atoms with van der Waals surface area (Å²) in [5, 5.41) is 0. The highest BCUT2D eigenvalue weighted by Crippen LogP contribution is 2.27. The van der Waals surface area contributed by atoms with Crippen molar-refractivity contribution in [1.82, 2.24) is 4.72 Å². The van der Waals surface area contributed by atoms with Gasteiger partial charge in [-0.3, -0.25) is 0 Å². The second kappa shape index (κ2) is 6.22. The van der Waals surface area contributed by atoms with Crippen LogP contribution in [-0.4, -0.2) is 20.5 Å². The van der Waals surface area contributed by atoms with Gasteiger partial charge in [0, 0.05) is 21.0 Å². The van der Waals surface area contributed by atoms with E-state index in [1.807, 2.05) is 20.8 Å². The molecule has 0 amide bonds. The van der Waals surface area contributed by atoms with Crippen molar-refractivity contribution in [3.63, 3.8) is 0 Å². The number of rotatable bonds is 5. The molecule has 1 rings (SSSR count). The Morgan fingerprint density at radius 3 is 2.37 bits per heavy atom. The Labute approximate surface area is 131 Å². The third-order valence-corrected chi connectivity index (χ3v) is 6.33. The molecule has 0 aliphatic heterocycles. The predicted molar refractivity (Wildman–Crippen MR) is 84.5 cm³/mol. The summed E-state index contributed by atoms with van der Waals surface area (Å²) < 4.78 is 28.9. The van der Waals surface area contributed by atoms with Crippen LogP contribution < -0.4 is 10.5 Å². The molecule has 0 bridgehead atoms. The lowest BCUT2D eigenvalue weighted by atomic mass is 9.90. The van der Waals surface area contributed by atoms with Crippen LogP contribution in [0, 0.1) is 5.92 Å². The zero-order chi connectivity index (χ0) is 14.8. The molecule has 0 aliphatic rings. The fourth-order valence-corrected chi connectivity index (χ4v) is 4.74. The van der Waals surface area contributed by atoms with E-state index in [1.54, 1.807) is 18.2 Å². The van der Waals surface area contributed by atoms with E-state index in [4.69, 9.17) is 5.73 Å². The quantitative estimate of drug-likeness (QED) is 0.779. The van der Waals surface area contributed by atoms with Crippen molar-refractivity contribution in [2.75, 3.05) is 6.54 Å². The van der Waals surface area contributed by atoms with Gasteiger partial charge in [-0.25, -0.2) is 13.1 Å². The minimum absolute atomic E-state index is 0.0847. The maximum Gasteiger partial charge on any atom is 0.242 e. The molecule has 0 radical (unpaired) electrons. The van der Waals surface area contributed by atoms with E-state index < -0.39 is 15.6 Å².